The molecule has 1 saturated carbocycles. The van der Waals surface area contributed by atoms with Gasteiger partial charge in [-0.1, -0.05) is 12.1 Å². The number of carbonyl (C=O) groups excluding carboxylic acids is 2. The zero-order valence-electron chi connectivity index (χ0n) is 15.0. The van der Waals surface area contributed by atoms with Crippen LogP contribution in [0.4, 0.5) is 11.4 Å². The maximum absolute atomic E-state index is 12.3. The number of carbonyl (C=O) groups is 2. The van der Waals surface area contributed by atoms with E-state index in [-0.39, 0.29) is 11.8 Å². The molecule has 0 aliphatic heterocycles. The van der Waals surface area contributed by atoms with E-state index in [0.29, 0.717) is 22.9 Å². The molecule has 0 unspecified atom stereocenters. The molecule has 0 saturated heterocycles. The first-order valence-corrected chi connectivity index (χ1v) is 8.71. The summed E-state index contributed by atoms with van der Waals surface area (Å²) in [7, 11) is 1.58. The second-order valence-corrected chi connectivity index (χ2v) is 6.31. The van der Waals surface area contributed by atoms with Crippen LogP contribution in [0.3, 0.4) is 0 Å². The Balaban J connectivity index is 1.68. The van der Waals surface area contributed by atoms with Gasteiger partial charge >= 0.3 is 0 Å². The maximum Gasteiger partial charge on any atom is 0.251 e. The molecule has 2 amide bonds. The molecule has 0 spiro atoms. The number of hydrogen-bond donors (Lipinski definition) is 3. The fourth-order valence-electron chi connectivity index (χ4n) is 2.53. The molecule has 2 aromatic carbocycles. The van der Waals surface area contributed by atoms with E-state index in [2.05, 4.69) is 22.0 Å². The Labute approximate surface area is 157 Å². The Morgan fingerprint density at radius 2 is 1.85 bits per heavy atom. The first-order valence-electron chi connectivity index (χ1n) is 8.71. The number of nitrogens with zero attached hydrogens (tertiary/aromatic N) is 1. The fourth-order valence-corrected chi connectivity index (χ4v) is 2.53. The van der Waals surface area contributed by atoms with Crippen molar-refractivity contribution in [2.45, 2.75) is 18.9 Å². The molecule has 0 aromatic heterocycles. The van der Waals surface area contributed by atoms with Crippen molar-refractivity contribution in [3.63, 3.8) is 0 Å². The molecule has 0 radical (unpaired) electrons. The van der Waals surface area contributed by atoms with Crippen molar-refractivity contribution >= 4 is 29.3 Å². The van der Waals surface area contributed by atoms with Gasteiger partial charge < -0.3 is 16.0 Å². The minimum Gasteiger partial charge on any atom is -0.381 e. The maximum atomic E-state index is 12.3. The zero-order chi connectivity index (χ0) is 19.2. The quantitative estimate of drug-likeness (QED) is 0.690. The smallest absolute Gasteiger partial charge is 0.251 e. The topological polar surface area (TPSA) is 94.0 Å². The van der Waals surface area contributed by atoms with Crippen LogP contribution < -0.4 is 16.0 Å². The number of benzene rings is 2. The average Bonchev–Trinajstić information content (AvgIpc) is 3.51. The lowest BCUT2D eigenvalue weighted by Crippen LogP contribution is -2.17. The number of nitriles is 1. The number of rotatable bonds is 6. The first-order chi connectivity index (χ1) is 13.1. The molecule has 0 bridgehead atoms. The Hall–Kier alpha value is -3.59. The molecule has 0 atom stereocenters. The number of hydrogen-bond acceptors (Lipinski definition) is 4. The Morgan fingerprint density at radius 1 is 1.11 bits per heavy atom. The molecule has 1 aliphatic carbocycles. The van der Waals surface area contributed by atoms with Crippen LogP contribution in [-0.2, 0) is 4.79 Å². The van der Waals surface area contributed by atoms with Crippen LogP contribution in [0.1, 0.15) is 34.3 Å². The Morgan fingerprint density at radius 3 is 2.48 bits per heavy atom. The normalized spacial score (nSPS) is 13.0. The van der Waals surface area contributed by atoms with Gasteiger partial charge in [0.05, 0.1) is 23.0 Å². The summed E-state index contributed by atoms with van der Waals surface area (Å²) in [6.45, 7) is 0. The third kappa shape index (κ3) is 4.95. The van der Waals surface area contributed by atoms with Gasteiger partial charge in [0, 0.05) is 24.7 Å². The highest BCUT2D eigenvalue weighted by Gasteiger charge is 2.22. The van der Waals surface area contributed by atoms with Crippen molar-refractivity contribution in [1.82, 2.24) is 5.32 Å². The van der Waals surface area contributed by atoms with Crippen LogP contribution in [0.2, 0.25) is 0 Å². The Bertz CT molecular complexity index is 922. The molecule has 1 fully saturated rings. The molecule has 1 aliphatic rings. The van der Waals surface area contributed by atoms with Gasteiger partial charge in [0.25, 0.3) is 5.91 Å². The number of nitrogens with one attached hydrogen (secondary N) is 3. The number of anilines is 2. The van der Waals surface area contributed by atoms with Crippen molar-refractivity contribution in [1.29, 1.82) is 5.26 Å². The van der Waals surface area contributed by atoms with Crippen LogP contribution >= 0.6 is 0 Å². The van der Waals surface area contributed by atoms with E-state index in [1.54, 1.807) is 49.5 Å². The summed E-state index contributed by atoms with van der Waals surface area (Å²) in [5.41, 5.74) is 3.25. The zero-order valence-corrected chi connectivity index (χ0v) is 15.0. The monoisotopic (exact) mass is 360 g/mol. The molecule has 3 N–H and O–H groups in total. The molecule has 6 nitrogen and oxygen atoms in total. The van der Waals surface area contributed by atoms with Gasteiger partial charge in [-0.3, -0.25) is 9.59 Å². The highest BCUT2D eigenvalue weighted by molar-refractivity contribution is 6.04. The predicted molar refractivity (Wildman–Crippen MR) is 105 cm³/mol. The standard InChI is InChI=1S/C21H20N4O2/c1-23-21(27)16-6-2-14(3-7-16)5-11-20(26)25-19-12-15(13-22)4-10-18(19)24-17-8-9-17/h2-7,10-12,17,24H,8-9H2,1H3,(H,23,27)(H,25,26)/b11-5+. The van der Waals surface area contributed by atoms with Crippen molar-refractivity contribution in [2.24, 2.45) is 0 Å². The van der Waals surface area contributed by atoms with Gasteiger partial charge in [-0.05, 0) is 54.8 Å². The minimum atomic E-state index is -0.292. The van der Waals surface area contributed by atoms with Gasteiger partial charge in [0.1, 0.15) is 0 Å². The first kappa shape index (κ1) is 18.2. The van der Waals surface area contributed by atoms with Crippen LogP contribution in [0, 0.1) is 11.3 Å². The van der Waals surface area contributed by atoms with Gasteiger partial charge in [-0.15, -0.1) is 0 Å². The lowest BCUT2D eigenvalue weighted by Gasteiger charge is -2.12. The van der Waals surface area contributed by atoms with Crippen molar-refractivity contribution < 1.29 is 9.59 Å². The van der Waals surface area contributed by atoms with Gasteiger partial charge in [0.15, 0.2) is 0 Å². The van der Waals surface area contributed by atoms with E-state index in [1.165, 1.54) is 6.08 Å². The number of amides is 2. The van der Waals surface area contributed by atoms with Gasteiger partial charge in [-0.25, -0.2) is 0 Å². The molecular formula is C21H20N4O2. The molecule has 27 heavy (non-hydrogen) atoms. The molecular weight excluding hydrogens is 340 g/mol. The summed E-state index contributed by atoms with van der Waals surface area (Å²) in [5, 5.41) is 17.8. The highest BCUT2D eigenvalue weighted by Crippen LogP contribution is 2.30. The Kier molecular flexibility index (Phi) is 5.53. The molecule has 2 aromatic rings. The molecule has 136 valence electrons. The third-order valence-corrected chi connectivity index (χ3v) is 4.17. The lowest BCUT2D eigenvalue weighted by molar-refractivity contribution is -0.111. The van der Waals surface area contributed by atoms with E-state index in [4.69, 9.17) is 5.26 Å². The third-order valence-electron chi connectivity index (χ3n) is 4.17. The summed E-state index contributed by atoms with van der Waals surface area (Å²) in [4.78, 5) is 23.8. The van der Waals surface area contributed by atoms with Crippen LogP contribution in [0.15, 0.2) is 48.5 Å². The molecule has 3 rings (SSSR count). The summed E-state index contributed by atoms with van der Waals surface area (Å²) >= 11 is 0. The molecule has 0 heterocycles. The van der Waals surface area contributed by atoms with Crippen LogP contribution in [0.25, 0.3) is 6.08 Å². The van der Waals surface area contributed by atoms with Crippen LogP contribution in [0.5, 0.6) is 0 Å². The summed E-state index contributed by atoms with van der Waals surface area (Å²) < 4.78 is 0. The van der Waals surface area contributed by atoms with Crippen LogP contribution in [-0.4, -0.2) is 24.9 Å². The van der Waals surface area contributed by atoms with E-state index in [0.717, 1.165) is 24.1 Å². The van der Waals surface area contributed by atoms with Crippen molar-refractivity contribution in [3.8, 4) is 6.07 Å². The second-order valence-electron chi connectivity index (χ2n) is 6.31. The predicted octanol–water partition coefficient (Wildman–Crippen LogP) is 3.14. The average molecular weight is 360 g/mol. The van der Waals surface area contributed by atoms with Crippen molar-refractivity contribution in [2.75, 3.05) is 17.7 Å². The largest absolute Gasteiger partial charge is 0.381 e. The molecule has 6 heteroatoms. The minimum absolute atomic E-state index is 0.156. The second kappa shape index (κ2) is 8.19. The van der Waals surface area contributed by atoms with E-state index < -0.39 is 0 Å². The van der Waals surface area contributed by atoms with E-state index >= 15 is 0 Å². The fraction of sp³-hybridized carbons (Fsp3) is 0.190. The van der Waals surface area contributed by atoms with E-state index in [9.17, 15) is 9.59 Å². The SMILES string of the molecule is CNC(=O)c1ccc(/C=C/C(=O)Nc2cc(C#N)ccc2NC2CC2)cc1. The van der Waals surface area contributed by atoms with Crippen molar-refractivity contribution in [3.05, 3.63) is 65.2 Å². The lowest BCUT2D eigenvalue weighted by atomic mass is 10.1. The summed E-state index contributed by atoms with van der Waals surface area (Å²) in [6.07, 6.45) is 5.32. The van der Waals surface area contributed by atoms with Gasteiger partial charge in [-0.2, -0.15) is 5.26 Å². The summed E-state index contributed by atoms with van der Waals surface area (Å²) in [5.74, 6) is -0.448. The highest BCUT2D eigenvalue weighted by atomic mass is 16.2. The summed E-state index contributed by atoms with van der Waals surface area (Å²) in [6, 6.07) is 14.7. The van der Waals surface area contributed by atoms with E-state index in [1.807, 2.05) is 6.07 Å². The van der Waals surface area contributed by atoms with Gasteiger partial charge in [0.2, 0.25) is 5.91 Å².